The van der Waals surface area contributed by atoms with E-state index in [2.05, 4.69) is 5.32 Å². The van der Waals surface area contributed by atoms with Crippen molar-refractivity contribution in [3.8, 4) is 0 Å². The SMILES string of the molecule is CC(=O)NC1CCN(C(=O)c2cccc([Si](C)(C)O)c2)C1. The molecule has 1 unspecified atom stereocenters. The van der Waals surface area contributed by atoms with Crippen molar-refractivity contribution < 1.29 is 14.4 Å². The number of likely N-dealkylation sites (tertiary alicyclic amines) is 1. The van der Waals surface area contributed by atoms with Gasteiger partial charge >= 0.3 is 0 Å². The number of hydrogen-bond acceptors (Lipinski definition) is 3. The Kier molecular flexibility index (Phi) is 4.48. The molecule has 1 aromatic rings. The first-order valence-corrected chi connectivity index (χ1v) is 10.1. The van der Waals surface area contributed by atoms with Gasteiger partial charge in [0, 0.05) is 31.6 Å². The maximum Gasteiger partial charge on any atom is 0.253 e. The average Bonchev–Trinajstić information content (AvgIpc) is 2.84. The maximum atomic E-state index is 12.5. The van der Waals surface area contributed by atoms with E-state index in [9.17, 15) is 14.4 Å². The summed E-state index contributed by atoms with van der Waals surface area (Å²) < 4.78 is 0. The summed E-state index contributed by atoms with van der Waals surface area (Å²) in [5, 5.41) is 3.70. The van der Waals surface area contributed by atoms with Crippen LogP contribution in [0.3, 0.4) is 0 Å². The molecule has 1 fully saturated rings. The van der Waals surface area contributed by atoms with Crippen LogP contribution < -0.4 is 10.5 Å². The van der Waals surface area contributed by atoms with Crippen LogP contribution in [0.4, 0.5) is 0 Å². The van der Waals surface area contributed by atoms with Crippen LogP contribution in [0.1, 0.15) is 23.7 Å². The summed E-state index contributed by atoms with van der Waals surface area (Å²) in [5.41, 5.74) is 0.602. The van der Waals surface area contributed by atoms with Gasteiger partial charge in [0.15, 0.2) is 0 Å². The van der Waals surface area contributed by atoms with E-state index in [1.54, 1.807) is 17.0 Å². The van der Waals surface area contributed by atoms with Gasteiger partial charge < -0.3 is 15.0 Å². The van der Waals surface area contributed by atoms with Crippen LogP contribution in [0.5, 0.6) is 0 Å². The molecule has 0 saturated carbocycles. The molecule has 5 nitrogen and oxygen atoms in total. The van der Waals surface area contributed by atoms with Crippen LogP contribution in [-0.2, 0) is 4.79 Å². The highest BCUT2D eigenvalue weighted by atomic mass is 28.4. The van der Waals surface area contributed by atoms with E-state index < -0.39 is 8.32 Å². The van der Waals surface area contributed by atoms with Crippen molar-refractivity contribution in [1.82, 2.24) is 10.2 Å². The molecule has 1 heterocycles. The lowest BCUT2D eigenvalue weighted by atomic mass is 10.2. The Balaban J connectivity index is 2.09. The third kappa shape index (κ3) is 3.92. The molecule has 1 aliphatic rings. The summed E-state index contributed by atoms with van der Waals surface area (Å²) in [4.78, 5) is 35.5. The second-order valence-corrected chi connectivity index (χ2v) is 9.77. The van der Waals surface area contributed by atoms with Crippen molar-refractivity contribution in [2.45, 2.75) is 32.5 Å². The van der Waals surface area contributed by atoms with Crippen molar-refractivity contribution in [2.24, 2.45) is 0 Å². The van der Waals surface area contributed by atoms with E-state index in [0.29, 0.717) is 18.7 Å². The third-order valence-electron chi connectivity index (χ3n) is 3.70. The lowest BCUT2D eigenvalue weighted by Crippen LogP contribution is -2.42. The van der Waals surface area contributed by atoms with Gasteiger partial charge in [-0.25, -0.2) is 0 Å². The standard InChI is InChI=1S/C15H22N2O3Si/c1-11(18)16-13-7-8-17(10-13)15(19)12-5-4-6-14(9-12)21(2,3)20/h4-6,9,13,20H,7-8,10H2,1-3H3,(H,16,18). The fourth-order valence-corrected chi connectivity index (χ4v) is 3.58. The highest BCUT2D eigenvalue weighted by molar-refractivity contribution is 6.83. The van der Waals surface area contributed by atoms with Gasteiger partial charge in [-0.05, 0) is 36.8 Å². The number of benzene rings is 1. The minimum Gasteiger partial charge on any atom is -0.428 e. The maximum absolute atomic E-state index is 12.5. The molecular formula is C15H22N2O3Si. The molecule has 0 spiro atoms. The first-order chi connectivity index (χ1) is 9.77. The van der Waals surface area contributed by atoms with E-state index in [-0.39, 0.29) is 17.9 Å². The highest BCUT2D eigenvalue weighted by Crippen LogP contribution is 2.14. The monoisotopic (exact) mass is 306 g/mol. The fraction of sp³-hybridized carbons (Fsp3) is 0.467. The molecule has 0 aliphatic carbocycles. The number of rotatable bonds is 3. The summed E-state index contributed by atoms with van der Waals surface area (Å²) in [6.07, 6.45) is 0.783. The fourth-order valence-electron chi connectivity index (χ4n) is 2.57. The molecule has 2 N–H and O–H groups in total. The lowest BCUT2D eigenvalue weighted by molar-refractivity contribution is -0.119. The van der Waals surface area contributed by atoms with Gasteiger partial charge in [-0.15, -0.1) is 0 Å². The molecule has 0 radical (unpaired) electrons. The molecule has 1 atom stereocenters. The molecule has 21 heavy (non-hydrogen) atoms. The van der Waals surface area contributed by atoms with Crippen molar-refractivity contribution >= 4 is 25.3 Å². The molecule has 1 aromatic carbocycles. The summed E-state index contributed by atoms with van der Waals surface area (Å²) in [7, 11) is -2.41. The number of nitrogens with zero attached hydrogens (tertiary/aromatic N) is 1. The smallest absolute Gasteiger partial charge is 0.253 e. The van der Waals surface area contributed by atoms with Gasteiger partial charge in [0.1, 0.15) is 0 Å². The Morgan fingerprint density at radius 2 is 2.10 bits per heavy atom. The van der Waals surface area contributed by atoms with Gasteiger partial charge in [0.05, 0.1) is 0 Å². The largest absolute Gasteiger partial charge is 0.428 e. The molecule has 0 aromatic heterocycles. The second-order valence-electron chi connectivity index (χ2n) is 6.08. The topological polar surface area (TPSA) is 69.6 Å². The van der Waals surface area contributed by atoms with E-state index in [0.717, 1.165) is 11.6 Å². The summed E-state index contributed by atoms with van der Waals surface area (Å²) in [5.74, 6) is -0.104. The normalized spacial score (nSPS) is 18.7. The zero-order chi connectivity index (χ0) is 15.6. The Labute approximate surface area is 126 Å². The zero-order valence-corrected chi connectivity index (χ0v) is 13.7. The number of hydrogen-bond donors (Lipinski definition) is 2. The quantitative estimate of drug-likeness (QED) is 0.796. The summed E-state index contributed by atoms with van der Waals surface area (Å²) >= 11 is 0. The van der Waals surface area contributed by atoms with E-state index >= 15 is 0 Å². The minimum atomic E-state index is -2.41. The number of carbonyl (C=O) groups excluding carboxylic acids is 2. The van der Waals surface area contributed by atoms with E-state index in [1.807, 2.05) is 25.2 Å². The molecule has 1 aliphatic heterocycles. The Hall–Kier alpha value is -1.66. The first-order valence-electron chi connectivity index (χ1n) is 7.16. The minimum absolute atomic E-state index is 0.0389. The van der Waals surface area contributed by atoms with Crippen LogP contribution in [0, 0.1) is 0 Å². The summed E-state index contributed by atoms with van der Waals surface area (Å²) in [6, 6.07) is 7.29. The molecule has 2 rings (SSSR count). The van der Waals surface area contributed by atoms with E-state index in [1.165, 1.54) is 6.92 Å². The van der Waals surface area contributed by atoms with Crippen LogP contribution in [0.15, 0.2) is 24.3 Å². The first kappa shape index (κ1) is 15.7. The second kappa shape index (κ2) is 5.99. The zero-order valence-electron chi connectivity index (χ0n) is 12.7. The van der Waals surface area contributed by atoms with Gasteiger partial charge in [0.25, 0.3) is 5.91 Å². The Morgan fingerprint density at radius 3 is 2.71 bits per heavy atom. The van der Waals surface area contributed by atoms with Crippen LogP contribution in [-0.4, -0.2) is 49.0 Å². The van der Waals surface area contributed by atoms with E-state index in [4.69, 9.17) is 0 Å². The molecular weight excluding hydrogens is 284 g/mol. The molecule has 114 valence electrons. The molecule has 0 bridgehead atoms. The van der Waals surface area contributed by atoms with Crippen molar-refractivity contribution in [2.75, 3.05) is 13.1 Å². The van der Waals surface area contributed by atoms with Gasteiger partial charge in [0.2, 0.25) is 14.2 Å². The van der Waals surface area contributed by atoms with Crippen molar-refractivity contribution in [3.05, 3.63) is 29.8 Å². The third-order valence-corrected chi connectivity index (χ3v) is 5.42. The highest BCUT2D eigenvalue weighted by Gasteiger charge is 2.28. The summed E-state index contributed by atoms with van der Waals surface area (Å²) in [6.45, 7) is 6.34. The predicted molar refractivity (Wildman–Crippen MR) is 83.9 cm³/mol. The average molecular weight is 306 g/mol. The van der Waals surface area contributed by atoms with Crippen molar-refractivity contribution in [1.29, 1.82) is 0 Å². The van der Waals surface area contributed by atoms with Gasteiger partial charge in [-0.3, -0.25) is 9.59 Å². The Bertz CT molecular complexity index is 554. The number of carbonyl (C=O) groups is 2. The molecule has 2 amide bonds. The molecule has 6 heteroatoms. The van der Waals surface area contributed by atoms with Gasteiger partial charge in [-0.1, -0.05) is 12.1 Å². The van der Waals surface area contributed by atoms with Crippen LogP contribution in [0.2, 0.25) is 13.1 Å². The van der Waals surface area contributed by atoms with Crippen LogP contribution in [0.25, 0.3) is 0 Å². The van der Waals surface area contributed by atoms with Crippen LogP contribution >= 0.6 is 0 Å². The molecule has 1 saturated heterocycles. The predicted octanol–water partition coefficient (Wildman–Crippen LogP) is 0.442. The number of amides is 2. The lowest BCUT2D eigenvalue weighted by Gasteiger charge is -2.19. The Morgan fingerprint density at radius 1 is 1.38 bits per heavy atom. The van der Waals surface area contributed by atoms with Crippen molar-refractivity contribution in [3.63, 3.8) is 0 Å². The number of nitrogens with one attached hydrogen (secondary N) is 1. The van der Waals surface area contributed by atoms with Gasteiger partial charge in [-0.2, -0.15) is 0 Å².